The van der Waals surface area contributed by atoms with Crippen molar-refractivity contribution in [1.29, 1.82) is 0 Å². The summed E-state index contributed by atoms with van der Waals surface area (Å²) in [5, 5.41) is 3.42. The van der Waals surface area contributed by atoms with E-state index in [4.69, 9.17) is 0 Å². The summed E-state index contributed by atoms with van der Waals surface area (Å²) in [5.41, 5.74) is 4.22. The first-order chi connectivity index (χ1) is 10.2. The predicted molar refractivity (Wildman–Crippen MR) is 90.8 cm³/mol. The molecule has 0 aromatic heterocycles. The van der Waals surface area contributed by atoms with E-state index in [0.717, 1.165) is 30.8 Å². The van der Waals surface area contributed by atoms with Crippen molar-refractivity contribution in [2.75, 3.05) is 25.0 Å². The Hall–Kier alpha value is -1.02. The minimum absolute atomic E-state index is 0.940. The lowest BCUT2D eigenvalue weighted by Crippen LogP contribution is -2.28. The standard InChI is InChI=1S/C19H30N2/c1-4-20-12-17-7-8-19(9-14(17)2)21(3)13-18-11-15-5-6-16(18)10-15/h7-9,15-16,18,20H,4-6,10-13H2,1-3H3. The van der Waals surface area contributed by atoms with Crippen molar-refractivity contribution in [2.45, 2.75) is 46.1 Å². The van der Waals surface area contributed by atoms with Crippen molar-refractivity contribution in [1.82, 2.24) is 5.32 Å². The van der Waals surface area contributed by atoms with E-state index in [-0.39, 0.29) is 0 Å². The Morgan fingerprint density at radius 3 is 2.71 bits per heavy atom. The third-order valence-electron chi connectivity index (χ3n) is 5.73. The molecule has 21 heavy (non-hydrogen) atoms. The number of nitrogens with one attached hydrogen (secondary N) is 1. The topological polar surface area (TPSA) is 15.3 Å². The summed E-state index contributed by atoms with van der Waals surface area (Å²) in [6.07, 6.45) is 5.98. The molecule has 0 saturated heterocycles. The van der Waals surface area contributed by atoms with Gasteiger partial charge in [-0.15, -0.1) is 0 Å². The van der Waals surface area contributed by atoms with E-state index in [9.17, 15) is 0 Å². The Morgan fingerprint density at radius 2 is 2.10 bits per heavy atom. The molecule has 3 rings (SSSR count). The van der Waals surface area contributed by atoms with Crippen LogP contribution in [0.5, 0.6) is 0 Å². The van der Waals surface area contributed by atoms with Crippen molar-refractivity contribution in [3.05, 3.63) is 29.3 Å². The number of fused-ring (bicyclic) bond motifs is 2. The summed E-state index contributed by atoms with van der Waals surface area (Å²) in [7, 11) is 2.27. The van der Waals surface area contributed by atoms with Gasteiger partial charge in [-0.3, -0.25) is 0 Å². The molecule has 1 aromatic rings. The van der Waals surface area contributed by atoms with Gasteiger partial charge in [0.2, 0.25) is 0 Å². The lowest BCUT2D eigenvalue weighted by molar-refractivity contribution is 0.337. The molecule has 2 saturated carbocycles. The first-order valence-electron chi connectivity index (χ1n) is 8.68. The van der Waals surface area contributed by atoms with Gasteiger partial charge in [0.15, 0.2) is 0 Å². The van der Waals surface area contributed by atoms with Gasteiger partial charge in [-0.25, -0.2) is 0 Å². The minimum atomic E-state index is 0.940. The highest BCUT2D eigenvalue weighted by Gasteiger charge is 2.39. The van der Waals surface area contributed by atoms with Gasteiger partial charge in [-0.2, -0.15) is 0 Å². The van der Waals surface area contributed by atoms with Crippen LogP contribution in [-0.4, -0.2) is 20.1 Å². The maximum absolute atomic E-state index is 3.42. The molecule has 2 nitrogen and oxygen atoms in total. The molecule has 2 heteroatoms. The van der Waals surface area contributed by atoms with Crippen LogP contribution in [0.1, 0.15) is 43.7 Å². The molecule has 2 aliphatic rings. The van der Waals surface area contributed by atoms with Crippen LogP contribution < -0.4 is 10.2 Å². The van der Waals surface area contributed by atoms with E-state index >= 15 is 0 Å². The zero-order valence-electron chi connectivity index (χ0n) is 13.9. The van der Waals surface area contributed by atoms with Gasteiger partial charge in [0.05, 0.1) is 0 Å². The molecule has 1 N–H and O–H groups in total. The fourth-order valence-corrected chi connectivity index (χ4v) is 4.43. The zero-order valence-corrected chi connectivity index (χ0v) is 13.9. The van der Waals surface area contributed by atoms with Crippen molar-refractivity contribution in [2.24, 2.45) is 17.8 Å². The molecular formula is C19H30N2. The number of rotatable bonds is 6. The van der Waals surface area contributed by atoms with E-state index < -0.39 is 0 Å². The fourth-order valence-electron chi connectivity index (χ4n) is 4.43. The van der Waals surface area contributed by atoms with Crippen LogP contribution in [0.3, 0.4) is 0 Å². The molecule has 0 aliphatic heterocycles. The average molecular weight is 286 g/mol. The molecule has 0 heterocycles. The van der Waals surface area contributed by atoms with E-state index in [1.807, 2.05) is 0 Å². The van der Waals surface area contributed by atoms with Gasteiger partial charge >= 0.3 is 0 Å². The van der Waals surface area contributed by atoms with E-state index in [1.54, 1.807) is 0 Å². The van der Waals surface area contributed by atoms with Crippen molar-refractivity contribution < 1.29 is 0 Å². The predicted octanol–water partition coefficient (Wildman–Crippen LogP) is 3.98. The highest BCUT2D eigenvalue weighted by Crippen LogP contribution is 2.48. The van der Waals surface area contributed by atoms with Crippen LogP contribution in [-0.2, 0) is 6.54 Å². The van der Waals surface area contributed by atoms with Crippen LogP contribution in [0.4, 0.5) is 5.69 Å². The average Bonchev–Trinajstić information content (AvgIpc) is 3.08. The Balaban J connectivity index is 1.62. The summed E-state index contributed by atoms with van der Waals surface area (Å²) in [6.45, 7) is 7.66. The van der Waals surface area contributed by atoms with Crippen LogP contribution in [0.15, 0.2) is 18.2 Å². The maximum Gasteiger partial charge on any atom is 0.0366 e. The van der Waals surface area contributed by atoms with Crippen molar-refractivity contribution in [3.8, 4) is 0 Å². The van der Waals surface area contributed by atoms with Gasteiger partial charge in [-0.1, -0.05) is 19.4 Å². The van der Waals surface area contributed by atoms with Gasteiger partial charge < -0.3 is 10.2 Å². The molecule has 2 aliphatic carbocycles. The monoisotopic (exact) mass is 286 g/mol. The van der Waals surface area contributed by atoms with Gasteiger partial charge in [0, 0.05) is 25.8 Å². The second-order valence-electron chi connectivity index (χ2n) is 7.21. The second kappa shape index (κ2) is 6.39. The summed E-state index contributed by atoms with van der Waals surface area (Å²) in [4.78, 5) is 2.48. The smallest absolute Gasteiger partial charge is 0.0366 e. The first kappa shape index (κ1) is 14.9. The molecule has 2 fully saturated rings. The minimum Gasteiger partial charge on any atom is -0.374 e. The number of hydrogen-bond donors (Lipinski definition) is 1. The Morgan fingerprint density at radius 1 is 1.24 bits per heavy atom. The van der Waals surface area contributed by atoms with Crippen molar-refractivity contribution >= 4 is 5.69 Å². The van der Waals surface area contributed by atoms with Gasteiger partial charge in [0.1, 0.15) is 0 Å². The summed E-state index contributed by atoms with van der Waals surface area (Å²) < 4.78 is 0. The van der Waals surface area contributed by atoms with E-state index in [2.05, 4.69) is 49.3 Å². The van der Waals surface area contributed by atoms with Gasteiger partial charge in [-0.05, 0) is 73.7 Å². The first-order valence-corrected chi connectivity index (χ1v) is 8.68. The summed E-state index contributed by atoms with van der Waals surface area (Å²) in [5.74, 6) is 3.01. The number of benzene rings is 1. The zero-order chi connectivity index (χ0) is 14.8. The lowest BCUT2D eigenvalue weighted by Gasteiger charge is -2.29. The van der Waals surface area contributed by atoms with E-state index in [0.29, 0.717) is 0 Å². The third kappa shape index (κ3) is 3.26. The Bertz CT molecular complexity index is 482. The van der Waals surface area contributed by atoms with Crippen molar-refractivity contribution in [3.63, 3.8) is 0 Å². The second-order valence-corrected chi connectivity index (χ2v) is 7.21. The number of nitrogens with zero attached hydrogens (tertiary/aromatic N) is 1. The molecule has 0 amide bonds. The summed E-state index contributed by atoms with van der Waals surface area (Å²) >= 11 is 0. The Kier molecular flexibility index (Phi) is 4.54. The number of anilines is 1. The van der Waals surface area contributed by atoms with Crippen LogP contribution in [0.2, 0.25) is 0 Å². The Labute approximate surface area is 129 Å². The molecule has 2 bridgehead atoms. The third-order valence-corrected chi connectivity index (χ3v) is 5.73. The molecule has 1 aromatic carbocycles. The summed E-state index contributed by atoms with van der Waals surface area (Å²) in [6, 6.07) is 6.96. The molecular weight excluding hydrogens is 256 g/mol. The van der Waals surface area contributed by atoms with Crippen LogP contribution in [0, 0.1) is 24.7 Å². The molecule has 3 atom stereocenters. The largest absolute Gasteiger partial charge is 0.374 e. The highest BCUT2D eigenvalue weighted by molar-refractivity contribution is 5.50. The van der Waals surface area contributed by atoms with E-state index in [1.165, 1.54) is 49.0 Å². The highest BCUT2D eigenvalue weighted by atomic mass is 15.1. The quantitative estimate of drug-likeness (QED) is 0.851. The molecule has 116 valence electrons. The van der Waals surface area contributed by atoms with Gasteiger partial charge in [0.25, 0.3) is 0 Å². The van der Waals surface area contributed by atoms with Crippen LogP contribution >= 0.6 is 0 Å². The molecule has 0 spiro atoms. The lowest BCUT2D eigenvalue weighted by atomic mass is 9.88. The fraction of sp³-hybridized carbons (Fsp3) is 0.684. The normalized spacial score (nSPS) is 27.3. The van der Waals surface area contributed by atoms with Crippen LogP contribution in [0.25, 0.3) is 0 Å². The number of hydrogen-bond acceptors (Lipinski definition) is 2. The maximum atomic E-state index is 3.42. The SMILES string of the molecule is CCNCc1ccc(N(C)CC2CC3CCC2C3)cc1C. The number of aryl methyl sites for hydroxylation is 1. The molecule has 0 radical (unpaired) electrons. The molecule has 3 unspecified atom stereocenters.